The predicted octanol–water partition coefficient (Wildman–Crippen LogP) is 11.9. The fourth-order valence-electron chi connectivity index (χ4n) is 6.19. The summed E-state index contributed by atoms with van der Waals surface area (Å²) in [4.78, 5) is 15.6. The van der Waals surface area contributed by atoms with Gasteiger partial charge in [-0.25, -0.2) is 19.9 Å². The topological polar surface area (TPSA) is 132 Å². The van der Waals surface area contributed by atoms with Crippen LogP contribution < -0.4 is 0 Å². The summed E-state index contributed by atoms with van der Waals surface area (Å²) in [6.45, 7) is 6.61. The second kappa shape index (κ2) is 19.3. The Labute approximate surface area is 370 Å². The van der Waals surface area contributed by atoms with Crippen molar-refractivity contribution in [3.8, 4) is 23.0 Å². The summed E-state index contributed by atoms with van der Waals surface area (Å²) in [6.07, 6.45) is -17.8. The van der Waals surface area contributed by atoms with Gasteiger partial charge in [0.2, 0.25) is 0 Å². The van der Waals surface area contributed by atoms with Crippen LogP contribution >= 0.6 is 0 Å². The molecule has 8 aromatic rings. The molecular formula is C44H35AlF12N4O4. The fourth-order valence-corrected chi connectivity index (χ4v) is 6.19. The molecule has 4 heterocycles. The number of benzene rings is 4. The van der Waals surface area contributed by atoms with E-state index in [1.807, 2.05) is 0 Å². The number of alkyl halides is 12. The Morgan fingerprint density at radius 3 is 0.615 bits per heavy atom. The van der Waals surface area contributed by atoms with Crippen LogP contribution in [0.15, 0.2) is 97.1 Å². The summed E-state index contributed by atoms with van der Waals surface area (Å²) in [7, 11) is 0. The molecule has 0 aliphatic rings. The molecule has 0 saturated carbocycles. The van der Waals surface area contributed by atoms with E-state index in [2.05, 4.69) is 19.9 Å². The van der Waals surface area contributed by atoms with Crippen LogP contribution in [0.4, 0.5) is 52.7 Å². The number of aromatic hydroxyl groups is 4. The molecule has 0 atom stereocenters. The molecule has 65 heavy (non-hydrogen) atoms. The molecule has 0 radical (unpaired) electrons. The minimum atomic E-state index is -4.44. The second-order valence-corrected chi connectivity index (χ2v) is 13.9. The maximum atomic E-state index is 12.6. The average Bonchev–Trinajstić information content (AvgIpc) is 3.18. The standard InChI is InChI=1S/4C11H8F3NO.Al.3H/c4*1-6-2-3-7-8(11(12,13)14)4-5-9(16)10(7)15-6;;;;/h4*2-5,16H,1H3;;;;. The van der Waals surface area contributed by atoms with Crippen LogP contribution in [0.3, 0.4) is 0 Å². The summed E-state index contributed by atoms with van der Waals surface area (Å²) in [5, 5.41) is 37.5. The largest absolute Gasteiger partial charge is 0.506 e. The van der Waals surface area contributed by atoms with Gasteiger partial charge in [-0.05, 0) is 100 Å². The van der Waals surface area contributed by atoms with Gasteiger partial charge in [0.05, 0.1) is 22.3 Å². The van der Waals surface area contributed by atoms with E-state index >= 15 is 0 Å². The van der Waals surface area contributed by atoms with Crippen molar-refractivity contribution in [2.45, 2.75) is 52.4 Å². The summed E-state index contributed by atoms with van der Waals surface area (Å²) in [6, 6.07) is 18.7. The monoisotopic (exact) mass is 938 g/mol. The summed E-state index contributed by atoms with van der Waals surface area (Å²) in [5.74, 6) is -0.975. The van der Waals surface area contributed by atoms with Crippen LogP contribution in [-0.4, -0.2) is 57.7 Å². The Morgan fingerprint density at radius 2 is 0.462 bits per heavy atom. The Balaban J connectivity index is 0.000000189. The third kappa shape index (κ3) is 12.0. The lowest BCUT2D eigenvalue weighted by molar-refractivity contribution is -0.137. The zero-order valence-electron chi connectivity index (χ0n) is 33.4. The van der Waals surface area contributed by atoms with Crippen LogP contribution in [0.2, 0.25) is 0 Å². The molecule has 8 nitrogen and oxygen atoms in total. The van der Waals surface area contributed by atoms with Gasteiger partial charge in [-0.1, -0.05) is 24.3 Å². The minimum absolute atomic E-state index is 0. The Kier molecular flexibility index (Phi) is 15.1. The maximum Gasteiger partial charge on any atom is 0.417 e. The first-order valence-corrected chi connectivity index (χ1v) is 18.2. The highest BCUT2D eigenvalue weighted by Gasteiger charge is 2.36. The number of aryl methyl sites for hydroxylation is 4. The van der Waals surface area contributed by atoms with Gasteiger partial charge in [0.1, 0.15) is 45.1 Å². The van der Waals surface area contributed by atoms with E-state index in [1.165, 1.54) is 48.5 Å². The van der Waals surface area contributed by atoms with Crippen molar-refractivity contribution in [1.82, 2.24) is 19.9 Å². The molecule has 4 aromatic carbocycles. The number of phenolic OH excluding ortho intramolecular Hbond substituents is 4. The van der Waals surface area contributed by atoms with Gasteiger partial charge in [0.15, 0.2) is 17.4 Å². The van der Waals surface area contributed by atoms with E-state index in [4.69, 9.17) is 0 Å². The first kappa shape index (κ1) is 51.1. The molecule has 0 aliphatic heterocycles. The number of pyridine rings is 4. The van der Waals surface area contributed by atoms with E-state index in [9.17, 15) is 73.1 Å². The van der Waals surface area contributed by atoms with E-state index < -0.39 is 47.0 Å². The minimum Gasteiger partial charge on any atom is -0.506 e. The SMILES string of the molecule is Cc1ccc2c(C(F)(F)F)ccc(O)c2n1.Cc1ccc2c(C(F)(F)F)ccc(O)c2n1.Cc1ccc2c(C(F)(F)F)ccc(O)c2n1.Cc1ccc2c(C(F)(F)F)ccc(O)c2n1.[AlH3]. The summed E-state index contributed by atoms with van der Waals surface area (Å²) >= 11 is 0. The Hall–Kier alpha value is -6.59. The van der Waals surface area contributed by atoms with Gasteiger partial charge in [-0.2, -0.15) is 52.7 Å². The van der Waals surface area contributed by atoms with Gasteiger partial charge < -0.3 is 20.4 Å². The molecule has 4 N–H and O–H groups in total. The van der Waals surface area contributed by atoms with Gasteiger partial charge in [0.25, 0.3) is 0 Å². The average molecular weight is 939 g/mol. The van der Waals surface area contributed by atoms with Gasteiger partial charge >= 0.3 is 24.7 Å². The lowest BCUT2D eigenvalue weighted by Gasteiger charge is -2.11. The normalized spacial score (nSPS) is 11.8. The quantitative estimate of drug-likeness (QED) is 0.0873. The van der Waals surface area contributed by atoms with Crippen molar-refractivity contribution in [3.63, 3.8) is 0 Å². The van der Waals surface area contributed by atoms with Crippen LogP contribution in [0.5, 0.6) is 23.0 Å². The first-order valence-electron chi connectivity index (χ1n) is 18.2. The first-order chi connectivity index (χ1) is 29.6. The number of rotatable bonds is 0. The van der Waals surface area contributed by atoms with Crippen molar-refractivity contribution in [1.29, 1.82) is 0 Å². The third-order valence-corrected chi connectivity index (χ3v) is 9.12. The molecule has 342 valence electrons. The van der Waals surface area contributed by atoms with Crippen LogP contribution in [-0.2, 0) is 24.7 Å². The molecule has 4 aromatic heterocycles. The third-order valence-electron chi connectivity index (χ3n) is 9.12. The van der Waals surface area contributed by atoms with Gasteiger partial charge in [-0.3, -0.25) is 0 Å². The van der Waals surface area contributed by atoms with Crippen molar-refractivity contribution < 1.29 is 73.1 Å². The van der Waals surface area contributed by atoms with Gasteiger partial charge in [0, 0.05) is 44.3 Å². The van der Waals surface area contributed by atoms with Crippen molar-refractivity contribution >= 4 is 61.0 Å². The van der Waals surface area contributed by atoms with E-state index in [-0.39, 0.29) is 84.0 Å². The number of hydrogen-bond acceptors (Lipinski definition) is 8. The highest BCUT2D eigenvalue weighted by molar-refractivity contribution is 5.90. The highest BCUT2D eigenvalue weighted by Crippen LogP contribution is 2.40. The number of phenols is 4. The predicted molar refractivity (Wildman–Crippen MR) is 223 cm³/mol. The molecule has 0 fully saturated rings. The zero-order valence-corrected chi connectivity index (χ0v) is 33.4. The maximum absolute atomic E-state index is 12.6. The number of fused-ring (bicyclic) bond motifs is 4. The molecule has 0 saturated heterocycles. The molecule has 0 amide bonds. The Bertz CT molecular complexity index is 2610. The number of halogens is 12. The van der Waals surface area contributed by atoms with E-state index in [0.717, 1.165) is 48.5 Å². The van der Waals surface area contributed by atoms with Gasteiger partial charge in [-0.15, -0.1) is 0 Å². The molecule has 0 spiro atoms. The van der Waals surface area contributed by atoms with Crippen LogP contribution in [0.1, 0.15) is 45.0 Å². The zero-order chi connectivity index (χ0) is 47.7. The fraction of sp³-hybridized carbons (Fsp3) is 0.182. The van der Waals surface area contributed by atoms with Crippen molar-refractivity contribution in [3.05, 3.63) is 142 Å². The lowest BCUT2D eigenvalue weighted by atomic mass is 10.1. The molecule has 0 bridgehead atoms. The Morgan fingerprint density at radius 1 is 0.292 bits per heavy atom. The van der Waals surface area contributed by atoms with E-state index in [0.29, 0.717) is 22.8 Å². The number of aromatic nitrogens is 4. The second-order valence-electron chi connectivity index (χ2n) is 13.9. The lowest BCUT2D eigenvalue weighted by Crippen LogP contribution is -2.06. The molecule has 8 rings (SSSR count). The summed E-state index contributed by atoms with van der Waals surface area (Å²) < 4.78 is 152. The van der Waals surface area contributed by atoms with Crippen LogP contribution in [0.25, 0.3) is 43.6 Å². The summed E-state index contributed by atoms with van der Waals surface area (Å²) in [5.41, 5.74) is -0.982. The van der Waals surface area contributed by atoms with Crippen molar-refractivity contribution in [2.75, 3.05) is 0 Å². The number of hydrogen-bond donors (Lipinski definition) is 4. The van der Waals surface area contributed by atoms with Crippen molar-refractivity contribution in [2.24, 2.45) is 0 Å². The molecule has 0 aliphatic carbocycles. The molecule has 21 heteroatoms. The van der Waals surface area contributed by atoms with Crippen LogP contribution in [0, 0.1) is 27.7 Å². The molecular weight excluding hydrogens is 903 g/mol. The highest BCUT2D eigenvalue weighted by atomic mass is 27.0. The number of nitrogens with zero attached hydrogens (tertiary/aromatic N) is 4. The molecule has 0 unspecified atom stereocenters. The smallest absolute Gasteiger partial charge is 0.417 e. The van der Waals surface area contributed by atoms with E-state index in [1.54, 1.807) is 27.7 Å².